The molecule has 26 heavy (non-hydrogen) atoms. The van der Waals surface area contributed by atoms with Gasteiger partial charge in [-0.1, -0.05) is 12.1 Å². The summed E-state index contributed by atoms with van der Waals surface area (Å²) in [5.74, 6) is 3.74. The summed E-state index contributed by atoms with van der Waals surface area (Å²) in [4.78, 5) is 19.4. The highest BCUT2D eigenvalue weighted by Gasteiger charge is 2.27. The Hall–Kier alpha value is -1.95. The Kier molecular flexibility index (Phi) is 5.20. The standard InChI is InChI=1S/C20H25N3O2S/c24-17-3-1-2-14-4-5-18(22-19(14)17)23-10-6-15(7-11-23)20(25)21-16-8-12-26-13-9-16/h1-5,15-16,24H,6-13H2,(H,21,25). The van der Waals surface area contributed by atoms with Crippen LogP contribution in [0.2, 0.25) is 0 Å². The first kappa shape index (κ1) is 17.5. The molecule has 0 bridgehead atoms. The third-order valence-corrected chi connectivity index (χ3v) is 6.49. The number of nitrogens with one attached hydrogen (secondary N) is 1. The molecular weight excluding hydrogens is 346 g/mol. The molecule has 0 unspecified atom stereocenters. The van der Waals surface area contributed by atoms with Crippen LogP contribution in [0.25, 0.3) is 10.9 Å². The molecule has 6 heteroatoms. The van der Waals surface area contributed by atoms with Crippen LogP contribution in [0.5, 0.6) is 5.75 Å². The quantitative estimate of drug-likeness (QED) is 0.868. The van der Waals surface area contributed by atoms with Gasteiger partial charge in [0.05, 0.1) is 0 Å². The summed E-state index contributed by atoms with van der Waals surface area (Å²) < 4.78 is 0. The van der Waals surface area contributed by atoms with E-state index >= 15 is 0 Å². The zero-order chi connectivity index (χ0) is 17.9. The molecule has 1 aromatic heterocycles. The number of anilines is 1. The summed E-state index contributed by atoms with van der Waals surface area (Å²) >= 11 is 1.98. The second-order valence-electron chi connectivity index (χ2n) is 7.17. The third kappa shape index (κ3) is 3.75. The number of fused-ring (bicyclic) bond motifs is 1. The van der Waals surface area contributed by atoms with Gasteiger partial charge in [0.2, 0.25) is 5.91 Å². The summed E-state index contributed by atoms with van der Waals surface area (Å²) in [6, 6.07) is 9.81. The highest BCUT2D eigenvalue weighted by atomic mass is 32.2. The SMILES string of the molecule is O=C(NC1CCSCC1)C1CCN(c2ccc3cccc(O)c3n2)CC1. The molecule has 0 spiro atoms. The maximum Gasteiger partial charge on any atom is 0.223 e. The van der Waals surface area contributed by atoms with E-state index in [0.717, 1.165) is 61.5 Å². The number of nitrogens with zero attached hydrogens (tertiary/aromatic N) is 2. The van der Waals surface area contributed by atoms with Crippen LogP contribution in [0.1, 0.15) is 25.7 Å². The van der Waals surface area contributed by atoms with Crippen LogP contribution in [0.3, 0.4) is 0 Å². The fourth-order valence-electron chi connectivity index (χ4n) is 3.83. The number of hydrogen-bond acceptors (Lipinski definition) is 5. The Bertz CT molecular complexity index is 784. The zero-order valence-corrected chi connectivity index (χ0v) is 15.7. The average Bonchev–Trinajstić information content (AvgIpc) is 2.69. The summed E-state index contributed by atoms with van der Waals surface area (Å²) in [6.07, 6.45) is 3.90. The number of aromatic hydroxyl groups is 1. The smallest absolute Gasteiger partial charge is 0.223 e. The number of thioether (sulfide) groups is 1. The van der Waals surface area contributed by atoms with Gasteiger partial charge in [-0.2, -0.15) is 11.8 Å². The summed E-state index contributed by atoms with van der Waals surface area (Å²) in [5.41, 5.74) is 0.639. The number of piperidine rings is 1. The molecule has 0 atom stereocenters. The van der Waals surface area contributed by atoms with Crippen molar-refractivity contribution in [2.24, 2.45) is 5.92 Å². The Morgan fingerprint density at radius 3 is 2.65 bits per heavy atom. The Labute approximate surface area is 158 Å². The lowest BCUT2D eigenvalue weighted by atomic mass is 9.95. The molecule has 0 radical (unpaired) electrons. The first-order chi connectivity index (χ1) is 12.7. The number of pyridine rings is 1. The van der Waals surface area contributed by atoms with Crippen LogP contribution in [0.4, 0.5) is 5.82 Å². The van der Waals surface area contributed by atoms with E-state index in [2.05, 4.69) is 15.2 Å². The van der Waals surface area contributed by atoms with Crippen LogP contribution >= 0.6 is 11.8 Å². The molecule has 2 N–H and O–H groups in total. The van der Waals surface area contributed by atoms with Crippen molar-refractivity contribution in [1.82, 2.24) is 10.3 Å². The van der Waals surface area contributed by atoms with Crippen LogP contribution in [0.15, 0.2) is 30.3 Å². The van der Waals surface area contributed by atoms with Crippen molar-refractivity contribution in [2.75, 3.05) is 29.5 Å². The Balaban J connectivity index is 1.37. The van der Waals surface area contributed by atoms with E-state index in [-0.39, 0.29) is 17.6 Å². The molecule has 0 aliphatic carbocycles. The molecule has 5 nitrogen and oxygen atoms in total. The fourth-order valence-corrected chi connectivity index (χ4v) is 4.94. The van der Waals surface area contributed by atoms with Crippen LogP contribution < -0.4 is 10.2 Å². The minimum Gasteiger partial charge on any atom is -0.506 e. The van der Waals surface area contributed by atoms with E-state index in [1.165, 1.54) is 0 Å². The van der Waals surface area contributed by atoms with Crippen LogP contribution in [-0.2, 0) is 4.79 Å². The lowest BCUT2D eigenvalue weighted by Gasteiger charge is -2.33. The van der Waals surface area contributed by atoms with Crippen molar-refractivity contribution < 1.29 is 9.90 Å². The number of phenolic OH excluding ortho intramolecular Hbond substituents is 1. The molecule has 2 aromatic rings. The maximum atomic E-state index is 12.5. The van der Waals surface area contributed by atoms with Crippen molar-refractivity contribution >= 4 is 34.4 Å². The predicted octanol–water partition coefficient (Wildman–Crippen LogP) is 3.17. The van der Waals surface area contributed by atoms with Gasteiger partial charge in [-0.25, -0.2) is 4.98 Å². The Morgan fingerprint density at radius 1 is 1.12 bits per heavy atom. The van der Waals surface area contributed by atoms with E-state index in [1.54, 1.807) is 6.07 Å². The molecule has 2 fully saturated rings. The van der Waals surface area contributed by atoms with Crippen LogP contribution in [0, 0.1) is 5.92 Å². The summed E-state index contributed by atoms with van der Waals surface area (Å²) in [6.45, 7) is 1.65. The highest BCUT2D eigenvalue weighted by molar-refractivity contribution is 7.99. The van der Waals surface area contributed by atoms with E-state index in [4.69, 9.17) is 0 Å². The first-order valence-corrected chi connectivity index (χ1v) is 10.6. The second-order valence-corrected chi connectivity index (χ2v) is 8.40. The molecule has 1 aromatic carbocycles. The van der Waals surface area contributed by atoms with E-state index < -0.39 is 0 Å². The van der Waals surface area contributed by atoms with Crippen LogP contribution in [-0.4, -0.2) is 46.6 Å². The normalized spacial score (nSPS) is 19.6. The van der Waals surface area contributed by atoms with Gasteiger partial charge in [-0.15, -0.1) is 0 Å². The Morgan fingerprint density at radius 2 is 1.88 bits per heavy atom. The molecule has 1 amide bonds. The number of para-hydroxylation sites is 1. The molecule has 3 heterocycles. The molecule has 4 rings (SSSR count). The molecule has 2 saturated heterocycles. The van der Waals surface area contributed by atoms with Gasteiger partial charge < -0.3 is 15.3 Å². The van der Waals surface area contributed by atoms with Crippen molar-refractivity contribution in [1.29, 1.82) is 0 Å². The number of carbonyl (C=O) groups is 1. The number of rotatable bonds is 3. The zero-order valence-electron chi connectivity index (χ0n) is 14.9. The number of benzene rings is 1. The minimum absolute atomic E-state index is 0.106. The molecular formula is C20H25N3O2S. The third-order valence-electron chi connectivity index (χ3n) is 5.44. The van der Waals surface area contributed by atoms with E-state index in [1.807, 2.05) is 36.0 Å². The van der Waals surface area contributed by atoms with E-state index in [9.17, 15) is 9.90 Å². The average molecular weight is 372 g/mol. The highest BCUT2D eigenvalue weighted by Crippen LogP contribution is 2.28. The minimum atomic E-state index is 0.106. The number of amides is 1. The van der Waals surface area contributed by atoms with Gasteiger partial charge >= 0.3 is 0 Å². The van der Waals surface area contributed by atoms with Crippen molar-refractivity contribution in [3.8, 4) is 5.75 Å². The molecule has 0 saturated carbocycles. The lowest BCUT2D eigenvalue weighted by molar-refractivity contribution is -0.126. The van der Waals surface area contributed by atoms with Gasteiger partial charge in [0, 0.05) is 30.4 Å². The molecule has 2 aliphatic heterocycles. The van der Waals surface area contributed by atoms with Gasteiger partial charge in [0.25, 0.3) is 0 Å². The number of phenols is 1. The number of carbonyl (C=O) groups excluding carboxylic acids is 1. The predicted molar refractivity (Wildman–Crippen MR) is 107 cm³/mol. The van der Waals surface area contributed by atoms with Crippen molar-refractivity contribution in [3.05, 3.63) is 30.3 Å². The van der Waals surface area contributed by atoms with Gasteiger partial charge in [-0.05, 0) is 55.4 Å². The van der Waals surface area contributed by atoms with E-state index in [0.29, 0.717) is 11.6 Å². The largest absolute Gasteiger partial charge is 0.506 e. The fraction of sp³-hybridized carbons (Fsp3) is 0.500. The van der Waals surface area contributed by atoms with Gasteiger partial charge in [0.15, 0.2) is 0 Å². The number of aromatic nitrogens is 1. The molecule has 138 valence electrons. The maximum absolute atomic E-state index is 12.5. The first-order valence-electron chi connectivity index (χ1n) is 9.42. The monoisotopic (exact) mass is 371 g/mol. The van der Waals surface area contributed by atoms with Gasteiger partial charge in [-0.3, -0.25) is 4.79 Å². The lowest BCUT2D eigenvalue weighted by Crippen LogP contribution is -2.45. The van der Waals surface area contributed by atoms with Gasteiger partial charge in [0.1, 0.15) is 17.1 Å². The van der Waals surface area contributed by atoms with Crippen molar-refractivity contribution in [2.45, 2.75) is 31.7 Å². The summed E-state index contributed by atoms with van der Waals surface area (Å²) in [5, 5.41) is 14.2. The second kappa shape index (κ2) is 7.74. The summed E-state index contributed by atoms with van der Waals surface area (Å²) in [7, 11) is 0. The topological polar surface area (TPSA) is 65.5 Å². The molecule has 2 aliphatic rings. The van der Waals surface area contributed by atoms with Crippen molar-refractivity contribution in [3.63, 3.8) is 0 Å². The number of hydrogen-bond donors (Lipinski definition) is 2.